The van der Waals surface area contributed by atoms with Gasteiger partial charge in [0.2, 0.25) is 5.82 Å². The highest BCUT2D eigenvalue weighted by atomic mass is 19.1. The predicted molar refractivity (Wildman–Crippen MR) is 104 cm³/mol. The van der Waals surface area contributed by atoms with Crippen molar-refractivity contribution in [2.24, 2.45) is 0 Å². The van der Waals surface area contributed by atoms with Crippen LogP contribution >= 0.6 is 0 Å². The van der Waals surface area contributed by atoms with E-state index in [2.05, 4.69) is 32.4 Å². The minimum Gasteiger partial charge on any atom is -0.352 e. The molecule has 1 atom stereocenters. The van der Waals surface area contributed by atoms with Crippen molar-refractivity contribution < 1.29 is 4.39 Å². The molecule has 0 aliphatic carbocycles. The van der Waals surface area contributed by atoms with Crippen LogP contribution < -0.4 is 4.90 Å². The maximum Gasteiger partial charge on any atom is 0.204 e. The third kappa shape index (κ3) is 2.87. The van der Waals surface area contributed by atoms with Gasteiger partial charge in [0, 0.05) is 23.7 Å². The highest BCUT2D eigenvalue weighted by Crippen LogP contribution is 2.34. The minimum absolute atomic E-state index is 0.265. The number of halogens is 1. The number of aromatic amines is 1. The van der Waals surface area contributed by atoms with Crippen LogP contribution in [0.4, 0.5) is 10.2 Å². The highest BCUT2D eigenvalue weighted by molar-refractivity contribution is 5.86. The highest BCUT2D eigenvalue weighted by Gasteiger charge is 2.26. The van der Waals surface area contributed by atoms with Crippen LogP contribution in [0, 0.1) is 5.82 Å². The number of anilines is 1. The van der Waals surface area contributed by atoms with Crippen LogP contribution in [0.3, 0.4) is 0 Å². The number of H-pyrrole nitrogens is 1. The molecule has 1 fully saturated rings. The van der Waals surface area contributed by atoms with Crippen LogP contribution in [0.15, 0.2) is 42.5 Å². The van der Waals surface area contributed by atoms with Gasteiger partial charge in [-0.1, -0.05) is 0 Å². The van der Waals surface area contributed by atoms with Crippen LogP contribution in [0.1, 0.15) is 19.8 Å². The third-order valence-corrected chi connectivity index (χ3v) is 5.19. The van der Waals surface area contributed by atoms with E-state index in [-0.39, 0.29) is 5.82 Å². The Balaban J connectivity index is 1.70. The lowest BCUT2D eigenvalue weighted by Gasteiger charge is -2.25. The van der Waals surface area contributed by atoms with Gasteiger partial charge >= 0.3 is 0 Å². The fourth-order valence-corrected chi connectivity index (χ4v) is 3.72. The van der Waals surface area contributed by atoms with Crippen LogP contribution in [-0.2, 0) is 0 Å². The van der Waals surface area contributed by atoms with Crippen molar-refractivity contribution in [1.82, 2.24) is 30.6 Å². The number of tetrazole rings is 1. The summed E-state index contributed by atoms with van der Waals surface area (Å²) in [6.45, 7) is 3.13. The van der Waals surface area contributed by atoms with Crippen molar-refractivity contribution in [3.8, 4) is 22.6 Å². The normalized spacial score (nSPS) is 16.8. The van der Waals surface area contributed by atoms with Gasteiger partial charge in [-0.2, -0.15) is 5.21 Å². The van der Waals surface area contributed by atoms with Gasteiger partial charge in [0.1, 0.15) is 11.5 Å². The molecule has 28 heavy (non-hydrogen) atoms. The number of benzene rings is 2. The van der Waals surface area contributed by atoms with Gasteiger partial charge in [-0.25, -0.2) is 14.4 Å². The first-order chi connectivity index (χ1) is 13.7. The van der Waals surface area contributed by atoms with Crippen molar-refractivity contribution in [1.29, 1.82) is 0 Å². The second-order valence-electron chi connectivity index (χ2n) is 7.03. The van der Waals surface area contributed by atoms with Crippen LogP contribution in [0.2, 0.25) is 0 Å². The third-order valence-electron chi connectivity index (χ3n) is 5.19. The van der Waals surface area contributed by atoms with E-state index in [4.69, 9.17) is 9.97 Å². The lowest BCUT2D eigenvalue weighted by atomic mass is 10.1. The van der Waals surface area contributed by atoms with E-state index in [0.717, 1.165) is 53.1 Å². The molecule has 4 aromatic rings. The summed E-state index contributed by atoms with van der Waals surface area (Å²) in [5, 5.41) is 14.2. The van der Waals surface area contributed by atoms with Gasteiger partial charge < -0.3 is 4.90 Å². The molecule has 0 amide bonds. The van der Waals surface area contributed by atoms with Crippen LogP contribution in [0.5, 0.6) is 0 Å². The summed E-state index contributed by atoms with van der Waals surface area (Å²) >= 11 is 0. The zero-order valence-corrected chi connectivity index (χ0v) is 15.3. The first-order valence-corrected chi connectivity index (χ1v) is 9.27. The molecule has 1 unspecified atom stereocenters. The molecule has 140 valence electrons. The molecular formula is C20H18FN7. The van der Waals surface area contributed by atoms with Gasteiger partial charge in [-0.05, 0) is 67.4 Å². The van der Waals surface area contributed by atoms with E-state index in [1.807, 2.05) is 18.2 Å². The standard InChI is InChI=1S/C20H18FN7/c1-12-3-2-10-28(12)20-18(13-4-7-15(21)8-5-13)22-16-9-6-14(11-17(16)23-20)19-24-26-27-25-19/h4-9,11-12H,2-3,10H2,1H3,(H,24,25,26,27). The van der Waals surface area contributed by atoms with E-state index in [1.54, 1.807) is 12.1 Å². The van der Waals surface area contributed by atoms with Crippen LogP contribution in [-0.4, -0.2) is 43.2 Å². The molecule has 2 aromatic carbocycles. The predicted octanol–water partition coefficient (Wildman–Crippen LogP) is 3.60. The fourth-order valence-electron chi connectivity index (χ4n) is 3.72. The summed E-state index contributed by atoms with van der Waals surface area (Å²) in [6, 6.07) is 12.5. The molecule has 1 aliphatic heterocycles. The SMILES string of the molecule is CC1CCCN1c1nc2cc(-c3nn[nH]n3)ccc2nc1-c1ccc(F)cc1. The fraction of sp³-hybridized carbons (Fsp3) is 0.250. The summed E-state index contributed by atoms with van der Waals surface area (Å²) in [5.74, 6) is 1.08. The van der Waals surface area contributed by atoms with E-state index in [9.17, 15) is 4.39 Å². The topological polar surface area (TPSA) is 83.5 Å². The average molecular weight is 375 g/mol. The summed E-state index contributed by atoms with van der Waals surface area (Å²) in [6.07, 6.45) is 2.23. The Labute approximate surface area is 160 Å². The van der Waals surface area contributed by atoms with E-state index in [1.165, 1.54) is 12.1 Å². The van der Waals surface area contributed by atoms with Gasteiger partial charge in [0.25, 0.3) is 0 Å². The largest absolute Gasteiger partial charge is 0.352 e. The van der Waals surface area contributed by atoms with E-state index in [0.29, 0.717) is 11.9 Å². The monoisotopic (exact) mass is 375 g/mol. The summed E-state index contributed by atoms with van der Waals surface area (Å²) < 4.78 is 13.4. The molecule has 8 heteroatoms. The van der Waals surface area contributed by atoms with E-state index >= 15 is 0 Å². The summed E-state index contributed by atoms with van der Waals surface area (Å²) in [5.41, 5.74) is 3.98. The van der Waals surface area contributed by atoms with Crippen molar-refractivity contribution >= 4 is 16.9 Å². The van der Waals surface area contributed by atoms with Gasteiger partial charge in [-0.15, -0.1) is 10.2 Å². The number of nitrogens with zero attached hydrogens (tertiary/aromatic N) is 6. The van der Waals surface area contributed by atoms with Crippen molar-refractivity contribution in [3.63, 3.8) is 0 Å². The first-order valence-electron chi connectivity index (χ1n) is 9.27. The Morgan fingerprint density at radius 2 is 1.86 bits per heavy atom. The maximum atomic E-state index is 13.4. The molecule has 1 N–H and O–H groups in total. The van der Waals surface area contributed by atoms with E-state index < -0.39 is 0 Å². The number of nitrogens with one attached hydrogen (secondary N) is 1. The number of hydrogen-bond donors (Lipinski definition) is 1. The number of aromatic nitrogens is 6. The Morgan fingerprint density at radius 3 is 2.57 bits per heavy atom. The van der Waals surface area contributed by atoms with Gasteiger partial charge in [0.05, 0.1) is 11.0 Å². The molecule has 2 aromatic heterocycles. The lowest BCUT2D eigenvalue weighted by molar-refractivity contribution is 0.628. The van der Waals surface area contributed by atoms with Crippen LogP contribution in [0.25, 0.3) is 33.7 Å². The van der Waals surface area contributed by atoms with Gasteiger partial charge in [0.15, 0.2) is 5.82 Å². The van der Waals surface area contributed by atoms with Gasteiger partial charge in [-0.3, -0.25) is 0 Å². The molecule has 1 aliphatic rings. The second kappa shape index (κ2) is 6.63. The average Bonchev–Trinajstić information content (AvgIpc) is 3.39. The second-order valence-corrected chi connectivity index (χ2v) is 7.03. The lowest BCUT2D eigenvalue weighted by Crippen LogP contribution is -2.28. The number of fused-ring (bicyclic) bond motifs is 1. The molecule has 0 saturated carbocycles. The molecule has 7 nitrogen and oxygen atoms in total. The molecule has 0 bridgehead atoms. The maximum absolute atomic E-state index is 13.4. The molecule has 3 heterocycles. The number of rotatable bonds is 3. The number of hydrogen-bond acceptors (Lipinski definition) is 6. The zero-order valence-electron chi connectivity index (χ0n) is 15.3. The van der Waals surface area contributed by atoms with Crippen molar-refractivity contribution in [2.75, 3.05) is 11.4 Å². The smallest absolute Gasteiger partial charge is 0.204 e. The Hall–Kier alpha value is -3.42. The molecule has 1 saturated heterocycles. The Bertz CT molecular complexity index is 1130. The minimum atomic E-state index is -0.265. The first kappa shape index (κ1) is 16.7. The quantitative estimate of drug-likeness (QED) is 0.589. The Kier molecular flexibility index (Phi) is 3.96. The molecule has 0 spiro atoms. The molecular weight excluding hydrogens is 357 g/mol. The molecule has 0 radical (unpaired) electrons. The van der Waals surface area contributed by atoms with Crippen molar-refractivity contribution in [3.05, 3.63) is 48.3 Å². The Morgan fingerprint density at radius 1 is 1.04 bits per heavy atom. The molecule has 5 rings (SSSR count). The summed E-state index contributed by atoms with van der Waals surface area (Å²) in [4.78, 5) is 12.1. The van der Waals surface area contributed by atoms with Crippen molar-refractivity contribution in [2.45, 2.75) is 25.8 Å². The summed E-state index contributed by atoms with van der Waals surface area (Å²) in [7, 11) is 0. The zero-order chi connectivity index (χ0) is 19.1.